The van der Waals surface area contributed by atoms with Crippen LogP contribution < -0.4 is 10.5 Å². The van der Waals surface area contributed by atoms with Crippen LogP contribution in [0.25, 0.3) is 0 Å². The third kappa shape index (κ3) is 4.19. The number of hydrogen-bond acceptors (Lipinski definition) is 3. The van der Waals surface area contributed by atoms with Crippen molar-refractivity contribution in [2.45, 2.75) is 25.1 Å². The zero-order valence-corrected chi connectivity index (χ0v) is 10.2. The summed E-state index contributed by atoms with van der Waals surface area (Å²) in [5, 5.41) is 0. The van der Waals surface area contributed by atoms with Crippen molar-refractivity contribution in [3.63, 3.8) is 0 Å². The highest BCUT2D eigenvalue weighted by Gasteiger charge is 2.57. The standard InChI is InChI=1S/C11H11F6NO2/c1-19-8-3-2-6(4-7(8)18)5-20-9(10(12,13)14)11(15,16)17/h2-4,9H,5,18H2,1H3. The third-order valence-electron chi connectivity index (χ3n) is 2.31. The molecule has 0 atom stereocenters. The summed E-state index contributed by atoms with van der Waals surface area (Å²) in [6.45, 7) is -0.877. The molecule has 0 fully saturated rings. The van der Waals surface area contributed by atoms with Gasteiger partial charge < -0.3 is 15.2 Å². The number of benzene rings is 1. The molecule has 20 heavy (non-hydrogen) atoms. The molecule has 0 aliphatic rings. The summed E-state index contributed by atoms with van der Waals surface area (Å²) >= 11 is 0. The maximum Gasteiger partial charge on any atom is 0.423 e. The SMILES string of the molecule is COc1ccc(COC(C(F)(F)F)C(F)(F)F)cc1N. The lowest BCUT2D eigenvalue weighted by Crippen LogP contribution is -2.44. The molecule has 0 heterocycles. The lowest BCUT2D eigenvalue weighted by molar-refractivity contribution is -0.324. The van der Waals surface area contributed by atoms with Crippen LogP contribution in [0.15, 0.2) is 18.2 Å². The molecule has 0 spiro atoms. The van der Waals surface area contributed by atoms with E-state index in [1.54, 1.807) is 0 Å². The van der Waals surface area contributed by atoms with Crippen LogP contribution >= 0.6 is 0 Å². The van der Waals surface area contributed by atoms with Crippen LogP contribution in [0.4, 0.5) is 32.0 Å². The predicted molar refractivity (Wildman–Crippen MR) is 58.1 cm³/mol. The molecular formula is C11H11F6NO2. The fourth-order valence-corrected chi connectivity index (χ4v) is 1.43. The Bertz CT molecular complexity index is 443. The molecule has 0 aliphatic heterocycles. The zero-order valence-electron chi connectivity index (χ0n) is 10.2. The second-order valence-corrected chi connectivity index (χ2v) is 3.85. The van der Waals surface area contributed by atoms with Crippen molar-refractivity contribution >= 4 is 5.69 Å². The highest BCUT2D eigenvalue weighted by Crippen LogP contribution is 2.36. The number of alkyl halides is 6. The molecule has 0 unspecified atom stereocenters. The predicted octanol–water partition coefficient (Wildman–Crippen LogP) is 3.29. The molecule has 0 saturated heterocycles. The van der Waals surface area contributed by atoms with Crippen molar-refractivity contribution in [1.82, 2.24) is 0 Å². The van der Waals surface area contributed by atoms with E-state index in [1.807, 2.05) is 0 Å². The van der Waals surface area contributed by atoms with Crippen LogP contribution in [0.1, 0.15) is 5.56 Å². The lowest BCUT2D eigenvalue weighted by atomic mass is 10.2. The van der Waals surface area contributed by atoms with Crippen LogP contribution in [0.2, 0.25) is 0 Å². The molecule has 2 N–H and O–H groups in total. The summed E-state index contributed by atoms with van der Waals surface area (Å²) in [6, 6.07) is 3.77. The van der Waals surface area contributed by atoms with Crippen molar-refractivity contribution in [2.75, 3.05) is 12.8 Å². The monoisotopic (exact) mass is 303 g/mol. The summed E-state index contributed by atoms with van der Waals surface area (Å²) in [6.07, 6.45) is -14.9. The van der Waals surface area contributed by atoms with Crippen molar-refractivity contribution < 1.29 is 35.8 Å². The average Bonchev–Trinajstić information content (AvgIpc) is 2.25. The Morgan fingerprint density at radius 2 is 1.65 bits per heavy atom. The van der Waals surface area contributed by atoms with Crippen LogP contribution in [0.3, 0.4) is 0 Å². The van der Waals surface area contributed by atoms with Gasteiger partial charge in [-0.05, 0) is 17.7 Å². The van der Waals surface area contributed by atoms with E-state index >= 15 is 0 Å². The third-order valence-corrected chi connectivity index (χ3v) is 2.31. The Morgan fingerprint density at radius 1 is 1.10 bits per heavy atom. The maximum atomic E-state index is 12.2. The van der Waals surface area contributed by atoms with Gasteiger partial charge in [-0.3, -0.25) is 0 Å². The summed E-state index contributed by atoms with van der Waals surface area (Å²) in [7, 11) is 1.32. The van der Waals surface area contributed by atoms with Gasteiger partial charge in [0, 0.05) is 0 Å². The normalized spacial score (nSPS) is 12.8. The first-order valence-corrected chi connectivity index (χ1v) is 5.23. The number of ether oxygens (including phenoxy) is 2. The smallest absolute Gasteiger partial charge is 0.423 e. The quantitative estimate of drug-likeness (QED) is 0.686. The second-order valence-electron chi connectivity index (χ2n) is 3.85. The molecule has 114 valence electrons. The molecule has 0 saturated carbocycles. The molecule has 1 aromatic carbocycles. The molecule has 0 aliphatic carbocycles. The summed E-state index contributed by atoms with van der Waals surface area (Å²) in [5.41, 5.74) is 5.64. The van der Waals surface area contributed by atoms with Gasteiger partial charge in [-0.25, -0.2) is 0 Å². The maximum absolute atomic E-state index is 12.2. The minimum absolute atomic E-state index is 0.0711. The van der Waals surface area contributed by atoms with Gasteiger partial charge in [-0.1, -0.05) is 6.07 Å². The van der Waals surface area contributed by atoms with Crippen LogP contribution in [0.5, 0.6) is 5.75 Å². The zero-order chi connectivity index (χ0) is 15.6. The number of methoxy groups -OCH3 is 1. The highest BCUT2D eigenvalue weighted by molar-refractivity contribution is 5.54. The first-order chi connectivity index (χ1) is 9.05. The van der Waals surface area contributed by atoms with Gasteiger partial charge in [-0.15, -0.1) is 0 Å². The van der Waals surface area contributed by atoms with Crippen LogP contribution in [-0.4, -0.2) is 25.6 Å². The second kappa shape index (κ2) is 5.78. The Hall–Kier alpha value is -1.64. The Morgan fingerprint density at radius 3 is 2.05 bits per heavy atom. The Kier molecular flexibility index (Phi) is 4.74. The molecule has 0 radical (unpaired) electrons. The van der Waals surface area contributed by atoms with Gasteiger partial charge in [-0.2, -0.15) is 26.3 Å². The van der Waals surface area contributed by atoms with Gasteiger partial charge in [0.1, 0.15) is 5.75 Å². The molecule has 0 aromatic heterocycles. The number of nitrogen functional groups attached to an aromatic ring is 1. The van der Waals surface area contributed by atoms with E-state index in [0.717, 1.165) is 0 Å². The summed E-state index contributed by atoms with van der Waals surface area (Å²) < 4.78 is 82.1. The van der Waals surface area contributed by atoms with E-state index in [-0.39, 0.29) is 17.0 Å². The Labute approximate surface area is 110 Å². The van der Waals surface area contributed by atoms with E-state index in [9.17, 15) is 26.3 Å². The molecule has 9 heteroatoms. The van der Waals surface area contributed by atoms with Gasteiger partial charge >= 0.3 is 12.4 Å². The van der Waals surface area contributed by atoms with Crippen molar-refractivity contribution in [2.24, 2.45) is 0 Å². The van der Waals surface area contributed by atoms with Gasteiger partial charge in [0.05, 0.1) is 19.4 Å². The van der Waals surface area contributed by atoms with Crippen molar-refractivity contribution in [3.05, 3.63) is 23.8 Å². The van der Waals surface area contributed by atoms with Crippen molar-refractivity contribution in [1.29, 1.82) is 0 Å². The number of hydrogen-bond donors (Lipinski definition) is 1. The summed E-state index contributed by atoms with van der Waals surface area (Å²) in [4.78, 5) is 0. The fourth-order valence-electron chi connectivity index (χ4n) is 1.43. The molecule has 1 rings (SSSR count). The van der Waals surface area contributed by atoms with Crippen LogP contribution in [0, 0.1) is 0 Å². The largest absolute Gasteiger partial charge is 0.495 e. The number of nitrogens with two attached hydrogens (primary N) is 1. The first-order valence-electron chi connectivity index (χ1n) is 5.23. The van der Waals surface area contributed by atoms with E-state index < -0.39 is 25.1 Å². The molecule has 1 aromatic rings. The lowest BCUT2D eigenvalue weighted by Gasteiger charge is -2.23. The topological polar surface area (TPSA) is 44.5 Å². The first kappa shape index (κ1) is 16.4. The van der Waals surface area contributed by atoms with E-state index in [1.165, 1.54) is 25.3 Å². The van der Waals surface area contributed by atoms with E-state index in [4.69, 9.17) is 10.5 Å². The Balaban J connectivity index is 2.81. The average molecular weight is 303 g/mol. The van der Waals surface area contributed by atoms with E-state index in [0.29, 0.717) is 0 Å². The van der Waals surface area contributed by atoms with Crippen LogP contribution in [-0.2, 0) is 11.3 Å². The number of halogens is 6. The highest BCUT2D eigenvalue weighted by atomic mass is 19.4. The molecular weight excluding hydrogens is 292 g/mol. The number of rotatable bonds is 4. The minimum atomic E-state index is -5.53. The minimum Gasteiger partial charge on any atom is -0.495 e. The number of anilines is 1. The van der Waals surface area contributed by atoms with E-state index in [2.05, 4.69) is 4.74 Å². The van der Waals surface area contributed by atoms with Gasteiger partial charge in [0.15, 0.2) is 0 Å². The molecule has 3 nitrogen and oxygen atoms in total. The van der Waals surface area contributed by atoms with Crippen molar-refractivity contribution in [3.8, 4) is 5.75 Å². The summed E-state index contributed by atoms with van der Waals surface area (Å²) in [5.74, 6) is 0.261. The van der Waals surface area contributed by atoms with Gasteiger partial charge in [0.25, 0.3) is 0 Å². The molecule has 0 amide bonds. The fraction of sp³-hybridized carbons (Fsp3) is 0.455. The van der Waals surface area contributed by atoms with Gasteiger partial charge in [0.2, 0.25) is 6.10 Å². The molecule has 0 bridgehead atoms.